The number of carbonyl (C=O) groups is 1. The van der Waals surface area contributed by atoms with Crippen LogP contribution in [-0.4, -0.2) is 6.03 Å². The predicted octanol–water partition coefficient (Wildman–Crippen LogP) is 3.24. The number of hydrogen-bond acceptors (Lipinski definition) is 2. The van der Waals surface area contributed by atoms with Gasteiger partial charge in [-0.1, -0.05) is 18.2 Å². The van der Waals surface area contributed by atoms with Crippen LogP contribution < -0.4 is 16.4 Å². The fraction of sp³-hybridized carbons (Fsp3) is 0.133. The monoisotopic (exact) mass is 273 g/mol. The lowest BCUT2D eigenvalue weighted by Gasteiger charge is -2.10. The minimum absolute atomic E-state index is 0.354. The number of amides is 2. The predicted molar refractivity (Wildman–Crippen MR) is 78.1 cm³/mol. The van der Waals surface area contributed by atoms with Gasteiger partial charge in [0.2, 0.25) is 0 Å². The van der Waals surface area contributed by atoms with E-state index in [1.165, 1.54) is 6.07 Å². The summed E-state index contributed by atoms with van der Waals surface area (Å²) < 4.78 is 13.4. The average molecular weight is 273 g/mol. The minimum Gasteiger partial charge on any atom is -0.326 e. The van der Waals surface area contributed by atoms with Gasteiger partial charge in [0.1, 0.15) is 5.82 Å². The third-order valence-electron chi connectivity index (χ3n) is 2.94. The van der Waals surface area contributed by atoms with Crippen molar-refractivity contribution in [2.75, 3.05) is 10.6 Å². The molecule has 5 heteroatoms. The molecule has 20 heavy (non-hydrogen) atoms. The van der Waals surface area contributed by atoms with Crippen LogP contribution in [0.5, 0.6) is 0 Å². The summed E-state index contributed by atoms with van der Waals surface area (Å²) in [4.78, 5) is 11.9. The Hall–Kier alpha value is -2.40. The molecule has 0 saturated carbocycles. The fourth-order valence-electron chi connectivity index (χ4n) is 1.80. The molecule has 0 atom stereocenters. The highest BCUT2D eigenvalue weighted by Crippen LogP contribution is 2.18. The van der Waals surface area contributed by atoms with Gasteiger partial charge in [0.15, 0.2) is 0 Å². The summed E-state index contributed by atoms with van der Waals surface area (Å²) in [5.74, 6) is -0.354. The molecule has 0 unspecified atom stereocenters. The van der Waals surface area contributed by atoms with E-state index in [0.717, 1.165) is 5.56 Å². The zero-order valence-corrected chi connectivity index (χ0v) is 11.1. The topological polar surface area (TPSA) is 67.2 Å². The first kappa shape index (κ1) is 14.0. The Balaban J connectivity index is 2.07. The Morgan fingerprint density at radius 2 is 1.95 bits per heavy atom. The van der Waals surface area contributed by atoms with Gasteiger partial charge < -0.3 is 16.4 Å². The van der Waals surface area contributed by atoms with E-state index in [0.29, 0.717) is 23.5 Å². The van der Waals surface area contributed by atoms with Gasteiger partial charge in [0, 0.05) is 23.5 Å². The maximum absolute atomic E-state index is 13.4. The number of nitrogens with one attached hydrogen (secondary N) is 2. The van der Waals surface area contributed by atoms with Crippen molar-refractivity contribution in [3.05, 3.63) is 59.4 Å². The van der Waals surface area contributed by atoms with E-state index >= 15 is 0 Å². The highest BCUT2D eigenvalue weighted by atomic mass is 19.1. The SMILES string of the molecule is Cc1c(F)cccc1NC(=O)Nc1cccc(CN)c1. The molecule has 0 aliphatic carbocycles. The molecule has 4 N–H and O–H groups in total. The van der Waals surface area contributed by atoms with Crippen LogP contribution in [-0.2, 0) is 6.54 Å². The Morgan fingerprint density at radius 3 is 2.70 bits per heavy atom. The summed E-state index contributed by atoms with van der Waals surface area (Å²) in [6.45, 7) is 2.01. The molecule has 0 bridgehead atoms. The van der Waals surface area contributed by atoms with Crippen molar-refractivity contribution in [3.63, 3.8) is 0 Å². The van der Waals surface area contributed by atoms with Gasteiger partial charge in [-0.15, -0.1) is 0 Å². The van der Waals surface area contributed by atoms with Crippen LogP contribution in [0.25, 0.3) is 0 Å². The number of hydrogen-bond donors (Lipinski definition) is 3. The van der Waals surface area contributed by atoms with Crippen molar-refractivity contribution in [3.8, 4) is 0 Å². The summed E-state index contributed by atoms with van der Waals surface area (Å²) in [5.41, 5.74) is 7.94. The van der Waals surface area contributed by atoms with Crippen LogP contribution in [0.1, 0.15) is 11.1 Å². The van der Waals surface area contributed by atoms with Crippen molar-refractivity contribution in [1.82, 2.24) is 0 Å². The van der Waals surface area contributed by atoms with Crippen LogP contribution in [0.4, 0.5) is 20.6 Å². The maximum atomic E-state index is 13.4. The van der Waals surface area contributed by atoms with E-state index < -0.39 is 6.03 Å². The van der Waals surface area contributed by atoms with Crippen molar-refractivity contribution < 1.29 is 9.18 Å². The number of benzene rings is 2. The fourth-order valence-corrected chi connectivity index (χ4v) is 1.80. The lowest BCUT2D eigenvalue weighted by atomic mass is 10.2. The first-order valence-electron chi connectivity index (χ1n) is 6.22. The minimum atomic E-state index is -0.423. The van der Waals surface area contributed by atoms with Gasteiger partial charge in [-0.25, -0.2) is 9.18 Å². The lowest BCUT2D eigenvalue weighted by Crippen LogP contribution is -2.20. The molecule has 2 aromatic carbocycles. The molecule has 0 aliphatic rings. The van der Waals surface area contributed by atoms with Crippen LogP contribution in [0.3, 0.4) is 0 Å². The largest absolute Gasteiger partial charge is 0.326 e. The van der Waals surface area contributed by atoms with E-state index in [1.807, 2.05) is 12.1 Å². The third kappa shape index (κ3) is 3.33. The van der Waals surface area contributed by atoms with Crippen molar-refractivity contribution in [2.24, 2.45) is 5.73 Å². The first-order valence-corrected chi connectivity index (χ1v) is 6.22. The smallest absolute Gasteiger partial charge is 0.323 e. The number of rotatable bonds is 3. The molecule has 2 amide bonds. The molecular formula is C15H16FN3O. The van der Waals surface area contributed by atoms with Crippen LogP contribution in [0, 0.1) is 12.7 Å². The molecule has 0 saturated heterocycles. The number of anilines is 2. The van der Waals surface area contributed by atoms with Gasteiger partial charge in [-0.05, 0) is 36.8 Å². The summed E-state index contributed by atoms with van der Waals surface area (Å²) in [6.07, 6.45) is 0. The highest BCUT2D eigenvalue weighted by molar-refractivity contribution is 6.00. The maximum Gasteiger partial charge on any atom is 0.323 e. The first-order chi connectivity index (χ1) is 9.60. The van der Waals surface area contributed by atoms with Gasteiger partial charge in [0.25, 0.3) is 0 Å². The Labute approximate surface area is 116 Å². The summed E-state index contributed by atoms with van der Waals surface area (Å²) in [6, 6.07) is 11.4. The number of nitrogens with two attached hydrogens (primary N) is 1. The number of carbonyl (C=O) groups excluding carboxylic acids is 1. The molecule has 0 spiro atoms. The van der Waals surface area contributed by atoms with Crippen molar-refractivity contribution in [2.45, 2.75) is 13.5 Å². The molecule has 0 radical (unpaired) electrons. The van der Waals surface area contributed by atoms with Crippen LogP contribution >= 0.6 is 0 Å². The molecule has 104 valence electrons. The Morgan fingerprint density at radius 1 is 1.20 bits per heavy atom. The summed E-state index contributed by atoms with van der Waals surface area (Å²) in [5, 5.41) is 5.30. The molecule has 2 rings (SSSR count). The van der Waals surface area contributed by atoms with E-state index in [2.05, 4.69) is 10.6 Å². The number of urea groups is 1. The molecule has 0 aromatic heterocycles. The second-order valence-corrected chi connectivity index (χ2v) is 4.40. The summed E-state index contributed by atoms with van der Waals surface area (Å²) in [7, 11) is 0. The lowest BCUT2D eigenvalue weighted by molar-refractivity contribution is 0.262. The van der Waals surface area contributed by atoms with Gasteiger partial charge in [-0.3, -0.25) is 0 Å². The zero-order chi connectivity index (χ0) is 14.5. The van der Waals surface area contributed by atoms with E-state index in [1.54, 1.807) is 31.2 Å². The second-order valence-electron chi connectivity index (χ2n) is 4.40. The second kappa shape index (κ2) is 6.16. The van der Waals surface area contributed by atoms with Gasteiger partial charge >= 0.3 is 6.03 Å². The Kier molecular flexibility index (Phi) is 4.32. The molecule has 2 aromatic rings. The summed E-state index contributed by atoms with van der Waals surface area (Å²) >= 11 is 0. The van der Waals surface area contributed by atoms with Gasteiger partial charge in [0.05, 0.1) is 0 Å². The highest BCUT2D eigenvalue weighted by Gasteiger charge is 2.07. The molecule has 0 fully saturated rings. The average Bonchev–Trinajstić information content (AvgIpc) is 2.44. The quantitative estimate of drug-likeness (QED) is 0.803. The molecular weight excluding hydrogens is 257 g/mol. The van der Waals surface area contributed by atoms with Crippen LogP contribution in [0.15, 0.2) is 42.5 Å². The van der Waals surface area contributed by atoms with Crippen molar-refractivity contribution >= 4 is 17.4 Å². The molecule has 0 heterocycles. The number of halogens is 1. The standard InChI is InChI=1S/C15H16FN3O/c1-10-13(16)6-3-7-14(10)19-15(20)18-12-5-2-4-11(8-12)9-17/h2-8H,9,17H2,1H3,(H2,18,19,20). The van der Waals surface area contributed by atoms with E-state index in [9.17, 15) is 9.18 Å². The Bertz CT molecular complexity index is 628. The van der Waals surface area contributed by atoms with Crippen LogP contribution in [0.2, 0.25) is 0 Å². The third-order valence-corrected chi connectivity index (χ3v) is 2.94. The van der Waals surface area contributed by atoms with E-state index in [4.69, 9.17) is 5.73 Å². The molecule has 0 aliphatic heterocycles. The van der Waals surface area contributed by atoms with E-state index in [-0.39, 0.29) is 5.82 Å². The normalized spacial score (nSPS) is 10.2. The zero-order valence-electron chi connectivity index (χ0n) is 11.1. The van der Waals surface area contributed by atoms with Crippen molar-refractivity contribution in [1.29, 1.82) is 0 Å². The van der Waals surface area contributed by atoms with Gasteiger partial charge in [-0.2, -0.15) is 0 Å². The molecule has 4 nitrogen and oxygen atoms in total.